The molecular weight excluding hydrogens is 142 g/mol. The summed E-state index contributed by atoms with van der Waals surface area (Å²) in [6.45, 7) is 1.08. The molecule has 1 aromatic carbocycles. The maximum Gasteiger partial charge on any atom is 0.0479 e. The Bertz CT molecular complexity index is 209. The summed E-state index contributed by atoms with van der Waals surface area (Å²) in [7, 11) is 0. The zero-order valence-electron chi connectivity index (χ0n) is 5.55. The van der Waals surface area contributed by atoms with Gasteiger partial charge in [0.15, 0.2) is 0 Å². The van der Waals surface area contributed by atoms with Gasteiger partial charge in [0, 0.05) is 22.9 Å². The highest BCUT2D eigenvalue weighted by Crippen LogP contribution is 2.29. The van der Waals surface area contributed by atoms with Crippen LogP contribution in [0.25, 0.3) is 0 Å². The third kappa shape index (κ3) is 0.991. The van der Waals surface area contributed by atoms with Crippen molar-refractivity contribution < 1.29 is 0 Å². The van der Waals surface area contributed by atoms with E-state index in [1.54, 1.807) is 0 Å². The Morgan fingerprint density at radius 2 is 2.60 bits per heavy atom. The minimum atomic E-state index is 1.08. The van der Waals surface area contributed by atoms with Crippen molar-refractivity contribution in [3.8, 4) is 0 Å². The Balaban J connectivity index is 2.41. The average Bonchev–Trinajstić information content (AvgIpc) is 2.05. The second-order valence-corrected chi connectivity index (χ2v) is 3.33. The van der Waals surface area contributed by atoms with E-state index >= 15 is 0 Å². The summed E-state index contributed by atoms with van der Waals surface area (Å²) >= 11 is 1.89. The van der Waals surface area contributed by atoms with Crippen molar-refractivity contribution in [2.45, 2.75) is 4.90 Å². The maximum atomic E-state index is 3.32. The van der Waals surface area contributed by atoms with Crippen LogP contribution in [0.15, 0.2) is 23.1 Å². The van der Waals surface area contributed by atoms with Gasteiger partial charge in [-0.1, -0.05) is 6.07 Å². The third-order valence-corrected chi connectivity index (χ3v) is 2.56. The summed E-state index contributed by atoms with van der Waals surface area (Å²) in [5, 5.41) is 3.32. The number of fused-ring (bicyclic) bond motifs is 1. The van der Waals surface area contributed by atoms with Gasteiger partial charge in [0.25, 0.3) is 0 Å². The third-order valence-electron chi connectivity index (χ3n) is 1.50. The second kappa shape index (κ2) is 2.54. The van der Waals surface area contributed by atoms with Gasteiger partial charge >= 0.3 is 0 Å². The van der Waals surface area contributed by atoms with E-state index in [0.29, 0.717) is 0 Å². The van der Waals surface area contributed by atoms with E-state index in [4.69, 9.17) is 0 Å². The van der Waals surface area contributed by atoms with Crippen LogP contribution in [-0.2, 0) is 0 Å². The lowest BCUT2D eigenvalue weighted by molar-refractivity contribution is 1.17. The van der Waals surface area contributed by atoms with Crippen molar-refractivity contribution >= 4 is 17.4 Å². The van der Waals surface area contributed by atoms with Gasteiger partial charge < -0.3 is 5.32 Å². The topological polar surface area (TPSA) is 12.0 Å². The van der Waals surface area contributed by atoms with Crippen molar-refractivity contribution in [3.05, 3.63) is 24.3 Å². The molecule has 0 bridgehead atoms. The van der Waals surface area contributed by atoms with Crippen molar-refractivity contribution in [1.29, 1.82) is 0 Å². The molecule has 1 heterocycles. The monoisotopic (exact) mass is 150 g/mol. The van der Waals surface area contributed by atoms with Crippen LogP contribution in [0.5, 0.6) is 0 Å². The summed E-state index contributed by atoms with van der Waals surface area (Å²) in [6.07, 6.45) is 0. The van der Waals surface area contributed by atoms with Crippen LogP contribution in [0.2, 0.25) is 0 Å². The number of hydrogen-bond acceptors (Lipinski definition) is 2. The van der Waals surface area contributed by atoms with Gasteiger partial charge in [0.1, 0.15) is 0 Å². The fourth-order valence-corrected chi connectivity index (χ4v) is 1.90. The molecule has 1 nitrogen and oxygen atoms in total. The Hall–Kier alpha value is -0.630. The molecule has 0 unspecified atom stereocenters. The van der Waals surface area contributed by atoms with E-state index in [1.165, 1.54) is 16.3 Å². The minimum absolute atomic E-state index is 1.08. The van der Waals surface area contributed by atoms with E-state index in [2.05, 4.69) is 17.4 Å². The molecule has 1 aromatic rings. The molecule has 1 aliphatic heterocycles. The highest BCUT2D eigenvalue weighted by atomic mass is 32.2. The van der Waals surface area contributed by atoms with Crippen LogP contribution in [0.3, 0.4) is 0 Å². The van der Waals surface area contributed by atoms with Gasteiger partial charge in [0.05, 0.1) is 0 Å². The van der Waals surface area contributed by atoms with E-state index < -0.39 is 0 Å². The SMILES string of the molecule is [c]1ccc2c(c1)SCCN2. The zero-order valence-corrected chi connectivity index (χ0v) is 6.37. The molecule has 0 fully saturated rings. The molecule has 0 aliphatic carbocycles. The molecule has 51 valence electrons. The fourth-order valence-electron chi connectivity index (χ4n) is 1.03. The molecule has 2 heteroatoms. The first-order chi connectivity index (χ1) is 4.97. The Kier molecular flexibility index (Phi) is 1.55. The summed E-state index contributed by atoms with van der Waals surface area (Å²) < 4.78 is 0. The second-order valence-electron chi connectivity index (χ2n) is 2.20. The number of rotatable bonds is 0. The number of anilines is 1. The Morgan fingerprint density at radius 3 is 3.50 bits per heavy atom. The first-order valence-corrected chi connectivity index (χ1v) is 4.32. The molecule has 0 saturated carbocycles. The lowest BCUT2D eigenvalue weighted by atomic mass is 10.3. The van der Waals surface area contributed by atoms with Crippen molar-refractivity contribution in [2.75, 3.05) is 17.6 Å². The van der Waals surface area contributed by atoms with Gasteiger partial charge in [-0.05, 0) is 18.2 Å². The van der Waals surface area contributed by atoms with Crippen LogP contribution in [0.4, 0.5) is 5.69 Å². The van der Waals surface area contributed by atoms with Crippen molar-refractivity contribution in [3.63, 3.8) is 0 Å². The average molecular weight is 150 g/mol. The molecule has 2 rings (SSSR count). The van der Waals surface area contributed by atoms with Crippen LogP contribution in [0, 0.1) is 6.07 Å². The van der Waals surface area contributed by atoms with Crippen molar-refractivity contribution in [1.82, 2.24) is 0 Å². The highest BCUT2D eigenvalue weighted by molar-refractivity contribution is 7.99. The summed E-state index contributed by atoms with van der Waals surface area (Å²) in [5.74, 6) is 1.17. The van der Waals surface area contributed by atoms with Crippen LogP contribution in [0.1, 0.15) is 0 Å². The molecule has 0 spiro atoms. The van der Waals surface area contributed by atoms with Gasteiger partial charge in [-0.15, -0.1) is 11.8 Å². The first kappa shape index (κ1) is 6.10. The lowest BCUT2D eigenvalue weighted by Gasteiger charge is -2.15. The molecule has 0 amide bonds. The normalized spacial score (nSPS) is 15.6. The molecule has 1 N–H and O–H groups in total. The summed E-state index contributed by atoms with van der Waals surface area (Å²) in [4.78, 5) is 1.33. The maximum absolute atomic E-state index is 3.32. The fraction of sp³-hybridized carbons (Fsp3) is 0.250. The minimum Gasteiger partial charge on any atom is -0.383 e. The number of nitrogens with one attached hydrogen (secondary N) is 1. The van der Waals surface area contributed by atoms with Crippen molar-refractivity contribution in [2.24, 2.45) is 0 Å². The Labute approximate surface area is 64.8 Å². The van der Waals surface area contributed by atoms with Gasteiger partial charge in [-0.2, -0.15) is 0 Å². The molecule has 0 saturated heterocycles. The van der Waals surface area contributed by atoms with Gasteiger partial charge in [-0.25, -0.2) is 0 Å². The molecule has 10 heavy (non-hydrogen) atoms. The molecule has 0 aromatic heterocycles. The smallest absolute Gasteiger partial charge is 0.0479 e. The highest BCUT2D eigenvalue weighted by Gasteiger charge is 2.05. The first-order valence-electron chi connectivity index (χ1n) is 3.33. The number of benzene rings is 1. The van der Waals surface area contributed by atoms with E-state index in [-0.39, 0.29) is 0 Å². The number of hydrogen-bond donors (Lipinski definition) is 1. The summed E-state index contributed by atoms with van der Waals surface area (Å²) in [6, 6.07) is 9.11. The quantitative estimate of drug-likeness (QED) is 0.607. The van der Waals surface area contributed by atoms with Gasteiger partial charge in [0.2, 0.25) is 0 Å². The Morgan fingerprint density at radius 1 is 1.60 bits per heavy atom. The predicted octanol–water partition coefficient (Wildman–Crippen LogP) is 2.00. The lowest BCUT2D eigenvalue weighted by Crippen LogP contribution is -2.09. The molecule has 1 aliphatic rings. The summed E-state index contributed by atoms with van der Waals surface area (Å²) in [5.41, 5.74) is 1.26. The standard InChI is InChI=1S/C8H8NS/c1-2-4-8-7(3-1)9-5-6-10-8/h1,3-4,9H,5-6H2. The van der Waals surface area contributed by atoms with E-state index in [1.807, 2.05) is 23.9 Å². The van der Waals surface area contributed by atoms with E-state index in [0.717, 1.165) is 6.54 Å². The predicted molar refractivity (Wildman–Crippen MR) is 44.5 cm³/mol. The van der Waals surface area contributed by atoms with Crippen LogP contribution < -0.4 is 5.32 Å². The number of thioether (sulfide) groups is 1. The zero-order chi connectivity index (χ0) is 6.81. The molecular formula is C8H8NS. The van der Waals surface area contributed by atoms with E-state index in [9.17, 15) is 0 Å². The van der Waals surface area contributed by atoms with Crippen LogP contribution >= 0.6 is 11.8 Å². The molecule has 0 atom stereocenters. The van der Waals surface area contributed by atoms with Gasteiger partial charge in [-0.3, -0.25) is 0 Å². The molecule has 1 radical (unpaired) electrons. The largest absolute Gasteiger partial charge is 0.383 e. The van der Waals surface area contributed by atoms with Crippen LogP contribution in [-0.4, -0.2) is 12.3 Å².